The lowest BCUT2D eigenvalue weighted by molar-refractivity contribution is -0.136. The third-order valence-corrected chi connectivity index (χ3v) is 2.85. The number of urea groups is 1. The van der Waals surface area contributed by atoms with Crippen molar-refractivity contribution in [3.8, 4) is 0 Å². The van der Waals surface area contributed by atoms with Crippen molar-refractivity contribution >= 4 is 17.7 Å². The molecular formula is C14H22N4O3. The van der Waals surface area contributed by atoms with E-state index in [4.69, 9.17) is 5.11 Å². The van der Waals surface area contributed by atoms with Crippen molar-refractivity contribution in [1.82, 2.24) is 14.8 Å². The average Bonchev–Trinajstić information content (AvgIpc) is 2.39. The van der Waals surface area contributed by atoms with E-state index in [-0.39, 0.29) is 12.5 Å². The van der Waals surface area contributed by atoms with Crippen LogP contribution in [0.2, 0.25) is 0 Å². The van der Waals surface area contributed by atoms with Crippen molar-refractivity contribution in [3.63, 3.8) is 0 Å². The summed E-state index contributed by atoms with van der Waals surface area (Å²) in [5.41, 5.74) is 1.01. The predicted octanol–water partition coefficient (Wildman–Crippen LogP) is 1.12. The molecule has 7 nitrogen and oxygen atoms in total. The van der Waals surface area contributed by atoms with Crippen molar-refractivity contribution in [1.29, 1.82) is 0 Å². The minimum Gasteiger partial charge on any atom is -0.481 e. The number of carboxylic acid groups (broad SMARTS) is 1. The van der Waals surface area contributed by atoms with E-state index in [1.165, 1.54) is 6.20 Å². The summed E-state index contributed by atoms with van der Waals surface area (Å²) in [5, 5.41) is 11.4. The first-order chi connectivity index (χ1) is 9.88. The Kier molecular flexibility index (Phi) is 6.61. The molecule has 0 saturated carbocycles. The second-order valence-electron chi connectivity index (χ2n) is 5.12. The van der Waals surface area contributed by atoms with E-state index in [0.29, 0.717) is 17.9 Å². The van der Waals surface area contributed by atoms with Gasteiger partial charge in [-0.15, -0.1) is 0 Å². The fraction of sp³-hybridized carbons (Fsp3) is 0.500. The third kappa shape index (κ3) is 6.71. The number of carboxylic acids is 1. The van der Waals surface area contributed by atoms with Crippen LogP contribution in [0.3, 0.4) is 0 Å². The molecule has 0 atom stereocenters. The molecule has 0 spiro atoms. The zero-order valence-electron chi connectivity index (χ0n) is 12.7. The van der Waals surface area contributed by atoms with Crippen molar-refractivity contribution in [3.05, 3.63) is 24.0 Å². The van der Waals surface area contributed by atoms with E-state index in [1.807, 2.05) is 14.1 Å². The lowest BCUT2D eigenvalue weighted by atomic mass is 10.2. The van der Waals surface area contributed by atoms with E-state index in [2.05, 4.69) is 15.2 Å². The van der Waals surface area contributed by atoms with Gasteiger partial charge in [0.1, 0.15) is 0 Å². The Morgan fingerprint density at radius 1 is 1.24 bits per heavy atom. The summed E-state index contributed by atoms with van der Waals surface area (Å²) in [6.45, 7) is 1.58. The van der Waals surface area contributed by atoms with Gasteiger partial charge in [0.25, 0.3) is 0 Å². The molecule has 116 valence electrons. The van der Waals surface area contributed by atoms with Crippen LogP contribution >= 0.6 is 0 Å². The molecule has 1 aromatic rings. The highest BCUT2D eigenvalue weighted by Gasteiger charge is 2.09. The number of amides is 2. The largest absolute Gasteiger partial charge is 0.481 e. The molecule has 0 aromatic carbocycles. The van der Waals surface area contributed by atoms with Gasteiger partial charge in [0.15, 0.2) is 0 Å². The monoisotopic (exact) mass is 294 g/mol. The Balaban J connectivity index is 2.44. The van der Waals surface area contributed by atoms with Gasteiger partial charge in [-0.25, -0.2) is 4.79 Å². The number of carbonyl (C=O) groups excluding carboxylic acids is 1. The molecule has 0 fully saturated rings. The van der Waals surface area contributed by atoms with Crippen LogP contribution in [0.5, 0.6) is 0 Å². The minimum atomic E-state index is -0.931. The molecule has 0 aliphatic carbocycles. The van der Waals surface area contributed by atoms with Crippen LogP contribution in [0.4, 0.5) is 10.5 Å². The van der Waals surface area contributed by atoms with Crippen molar-refractivity contribution in [2.24, 2.45) is 0 Å². The number of pyridine rings is 1. The number of carbonyl (C=O) groups is 2. The van der Waals surface area contributed by atoms with Gasteiger partial charge in [-0.05, 0) is 39.2 Å². The number of anilines is 1. The number of nitrogens with zero attached hydrogens (tertiary/aromatic N) is 3. The van der Waals surface area contributed by atoms with Gasteiger partial charge in [-0.2, -0.15) is 0 Å². The fourth-order valence-electron chi connectivity index (χ4n) is 1.70. The topological polar surface area (TPSA) is 85.8 Å². The first-order valence-electron chi connectivity index (χ1n) is 6.72. The van der Waals surface area contributed by atoms with Crippen LogP contribution in [-0.2, 0) is 11.2 Å². The molecule has 2 N–H and O–H groups in total. The van der Waals surface area contributed by atoms with E-state index >= 15 is 0 Å². The summed E-state index contributed by atoms with van der Waals surface area (Å²) in [6, 6.07) is 3.04. The van der Waals surface area contributed by atoms with Gasteiger partial charge in [-0.1, -0.05) is 0 Å². The second-order valence-corrected chi connectivity index (χ2v) is 5.12. The molecule has 0 unspecified atom stereocenters. The van der Waals surface area contributed by atoms with Gasteiger partial charge < -0.3 is 20.2 Å². The first-order valence-corrected chi connectivity index (χ1v) is 6.72. The highest BCUT2D eigenvalue weighted by Crippen LogP contribution is 2.07. The molecule has 1 heterocycles. The zero-order chi connectivity index (χ0) is 15.8. The normalized spacial score (nSPS) is 10.5. The summed E-state index contributed by atoms with van der Waals surface area (Å²) < 4.78 is 0. The molecule has 21 heavy (non-hydrogen) atoms. The number of aromatic nitrogens is 1. The number of nitrogens with one attached hydrogen (secondary N) is 1. The van der Waals surface area contributed by atoms with Gasteiger partial charge in [0.05, 0.1) is 24.0 Å². The van der Waals surface area contributed by atoms with Crippen LogP contribution in [0.25, 0.3) is 0 Å². The standard InChI is InChI=1S/C14H22N4O3/c1-17(2)7-4-8-18(3)14(21)16-12-6-5-11(15-10-12)9-13(19)20/h5-6,10H,4,7-9H2,1-3H3,(H,16,21)(H,19,20). The van der Waals surface area contributed by atoms with Crippen LogP contribution < -0.4 is 5.32 Å². The van der Waals surface area contributed by atoms with Gasteiger partial charge in [0.2, 0.25) is 0 Å². The molecule has 0 radical (unpaired) electrons. The molecule has 1 aromatic heterocycles. The summed E-state index contributed by atoms with van der Waals surface area (Å²) in [7, 11) is 5.71. The maximum atomic E-state index is 11.9. The van der Waals surface area contributed by atoms with E-state index in [9.17, 15) is 9.59 Å². The number of hydrogen-bond donors (Lipinski definition) is 2. The Morgan fingerprint density at radius 2 is 1.95 bits per heavy atom. The molecule has 0 aliphatic rings. The van der Waals surface area contributed by atoms with Crippen molar-refractivity contribution in [2.75, 3.05) is 39.5 Å². The van der Waals surface area contributed by atoms with Gasteiger partial charge in [-0.3, -0.25) is 9.78 Å². The predicted molar refractivity (Wildman–Crippen MR) is 80.4 cm³/mol. The highest BCUT2D eigenvalue weighted by molar-refractivity contribution is 5.88. The molecule has 7 heteroatoms. The SMILES string of the molecule is CN(C)CCCN(C)C(=O)Nc1ccc(CC(=O)O)nc1. The molecule has 0 bridgehead atoms. The third-order valence-electron chi connectivity index (χ3n) is 2.85. The number of aliphatic carboxylic acids is 1. The summed E-state index contributed by atoms with van der Waals surface area (Å²) in [6.07, 6.45) is 2.23. The molecule has 1 rings (SSSR count). The molecular weight excluding hydrogens is 272 g/mol. The smallest absolute Gasteiger partial charge is 0.321 e. The quantitative estimate of drug-likeness (QED) is 0.787. The molecule has 0 saturated heterocycles. The number of hydrogen-bond acceptors (Lipinski definition) is 4. The minimum absolute atomic E-state index is 0.126. The van der Waals surface area contributed by atoms with Gasteiger partial charge >= 0.3 is 12.0 Å². The Hall–Kier alpha value is -2.15. The molecule has 2 amide bonds. The zero-order valence-corrected chi connectivity index (χ0v) is 12.7. The average molecular weight is 294 g/mol. The van der Waals surface area contributed by atoms with Gasteiger partial charge in [0, 0.05) is 13.6 Å². The molecule has 0 aliphatic heterocycles. The van der Waals surface area contributed by atoms with Crippen LogP contribution in [0.15, 0.2) is 18.3 Å². The van der Waals surface area contributed by atoms with E-state index in [0.717, 1.165) is 13.0 Å². The Morgan fingerprint density at radius 3 is 2.48 bits per heavy atom. The second kappa shape index (κ2) is 8.21. The Bertz CT molecular complexity index is 474. The van der Waals surface area contributed by atoms with Crippen LogP contribution in [0.1, 0.15) is 12.1 Å². The maximum Gasteiger partial charge on any atom is 0.321 e. The van der Waals surface area contributed by atoms with Crippen molar-refractivity contribution in [2.45, 2.75) is 12.8 Å². The van der Waals surface area contributed by atoms with E-state index in [1.54, 1.807) is 24.1 Å². The maximum absolute atomic E-state index is 11.9. The van der Waals surface area contributed by atoms with Crippen molar-refractivity contribution < 1.29 is 14.7 Å². The summed E-state index contributed by atoms with van der Waals surface area (Å²) in [5.74, 6) is -0.931. The lowest BCUT2D eigenvalue weighted by Gasteiger charge is -2.19. The number of rotatable bonds is 7. The summed E-state index contributed by atoms with van der Waals surface area (Å²) >= 11 is 0. The first kappa shape index (κ1) is 16.9. The van der Waals surface area contributed by atoms with Crippen LogP contribution in [-0.4, -0.2) is 66.1 Å². The van der Waals surface area contributed by atoms with Crippen LogP contribution in [0, 0.1) is 0 Å². The summed E-state index contributed by atoms with van der Waals surface area (Å²) in [4.78, 5) is 30.1. The fourth-order valence-corrected chi connectivity index (χ4v) is 1.70. The lowest BCUT2D eigenvalue weighted by Crippen LogP contribution is -2.33. The Labute approximate surface area is 124 Å². The van der Waals surface area contributed by atoms with E-state index < -0.39 is 5.97 Å². The highest BCUT2D eigenvalue weighted by atomic mass is 16.4.